The van der Waals surface area contributed by atoms with Crippen molar-refractivity contribution in [3.63, 3.8) is 0 Å². The van der Waals surface area contributed by atoms with Crippen molar-refractivity contribution in [2.75, 3.05) is 11.9 Å². The average molecular weight is 282 g/mol. The Balaban J connectivity index is 1.74. The number of para-hydroxylation sites is 3. The molecule has 108 valence electrons. The van der Waals surface area contributed by atoms with Gasteiger partial charge in [0.15, 0.2) is 5.75 Å². The van der Waals surface area contributed by atoms with Crippen molar-refractivity contribution in [2.24, 2.45) is 0 Å². The van der Waals surface area contributed by atoms with Gasteiger partial charge in [-0.1, -0.05) is 30.3 Å². The van der Waals surface area contributed by atoms with Gasteiger partial charge in [0.05, 0.1) is 11.7 Å². The third kappa shape index (κ3) is 3.41. The molecular formula is C17H18N2O2. The average Bonchev–Trinajstić information content (AvgIpc) is 3.05. The standard InChI is InChI=1S/C17H18N2O2/c20-17(15-10-6-12-18-15)19-14-9-4-5-11-16(14)21-13-7-2-1-3-8-13/h1-5,7-9,11,15,18H,6,10,12H2,(H,19,20)/t15-/m1/s1. The van der Waals surface area contributed by atoms with Crippen LogP contribution in [0.3, 0.4) is 0 Å². The number of ether oxygens (including phenoxy) is 1. The minimum atomic E-state index is -0.102. The molecule has 0 spiro atoms. The Labute approximate surface area is 124 Å². The second-order valence-corrected chi connectivity index (χ2v) is 5.05. The van der Waals surface area contributed by atoms with Crippen molar-refractivity contribution < 1.29 is 9.53 Å². The lowest BCUT2D eigenvalue weighted by atomic mass is 10.2. The SMILES string of the molecule is O=C(Nc1ccccc1Oc1ccccc1)[C@H]1CCCN1. The number of amides is 1. The van der Waals surface area contributed by atoms with E-state index in [0.29, 0.717) is 11.4 Å². The van der Waals surface area contributed by atoms with E-state index in [9.17, 15) is 4.79 Å². The first kappa shape index (κ1) is 13.6. The van der Waals surface area contributed by atoms with Crippen LogP contribution in [0.25, 0.3) is 0 Å². The highest BCUT2D eigenvalue weighted by atomic mass is 16.5. The topological polar surface area (TPSA) is 50.4 Å². The van der Waals surface area contributed by atoms with Gasteiger partial charge in [0.1, 0.15) is 5.75 Å². The molecule has 0 aromatic heterocycles. The van der Waals surface area contributed by atoms with Crippen LogP contribution in [-0.2, 0) is 4.79 Å². The molecular weight excluding hydrogens is 264 g/mol. The Kier molecular flexibility index (Phi) is 4.17. The number of hydrogen-bond acceptors (Lipinski definition) is 3. The third-order valence-electron chi connectivity index (χ3n) is 3.49. The van der Waals surface area contributed by atoms with E-state index >= 15 is 0 Å². The minimum Gasteiger partial charge on any atom is -0.455 e. The lowest BCUT2D eigenvalue weighted by Crippen LogP contribution is -2.35. The first-order chi connectivity index (χ1) is 10.3. The second-order valence-electron chi connectivity index (χ2n) is 5.05. The molecule has 1 aliphatic heterocycles. The Morgan fingerprint density at radius 3 is 2.62 bits per heavy atom. The highest BCUT2D eigenvalue weighted by molar-refractivity contribution is 5.96. The number of rotatable bonds is 4. The van der Waals surface area contributed by atoms with Crippen molar-refractivity contribution in [1.29, 1.82) is 0 Å². The lowest BCUT2D eigenvalue weighted by Gasteiger charge is -2.14. The van der Waals surface area contributed by atoms with Gasteiger partial charge in [0.2, 0.25) is 5.91 Å². The summed E-state index contributed by atoms with van der Waals surface area (Å²) in [6, 6.07) is 16.9. The first-order valence-corrected chi connectivity index (χ1v) is 7.19. The molecule has 2 aromatic rings. The summed E-state index contributed by atoms with van der Waals surface area (Å²) in [5, 5.41) is 6.14. The van der Waals surface area contributed by atoms with Gasteiger partial charge in [-0.25, -0.2) is 0 Å². The van der Waals surface area contributed by atoms with Gasteiger partial charge in [-0.05, 0) is 43.7 Å². The Hall–Kier alpha value is -2.33. The zero-order valence-electron chi connectivity index (χ0n) is 11.7. The van der Waals surface area contributed by atoms with Crippen LogP contribution in [0, 0.1) is 0 Å². The molecule has 1 amide bonds. The van der Waals surface area contributed by atoms with Gasteiger partial charge in [0, 0.05) is 0 Å². The fraction of sp³-hybridized carbons (Fsp3) is 0.235. The van der Waals surface area contributed by atoms with Crippen LogP contribution in [0.15, 0.2) is 54.6 Å². The molecule has 0 aliphatic carbocycles. The summed E-state index contributed by atoms with van der Waals surface area (Å²) in [6.07, 6.45) is 1.92. The maximum Gasteiger partial charge on any atom is 0.241 e. The molecule has 1 atom stereocenters. The van der Waals surface area contributed by atoms with Crippen molar-refractivity contribution in [3.05, 3.63) is 54.6 Å². The van der Waals surface area contributed by atoms with Crippen LogP contribution < -0.4 is 15.4 Å². The molecule has 0 bridgehead atoms. The number of carbonyl (C=O) groups excluding carboxylic acids is 1. The van der Waals surface area contributed by atoms with Gasteiger partial charge in [-0.2, -0.15) is 0 Å². The molecule has 3 rings (SSSR count). The number of anilines is 1. The summed E-state index contributed by atoms with van der Waals surface area (Å²) in [7, 11) is 0. The van der Waals surface area contributed by atoms with Gasteiger partial charge < -0.3 is 15.4 Å². The maximum absolute atomic E-state index is 12.2. The Bertz CT molecular complexity index is 607. The lowest BCUT2D eigenvalue weighted by molar-refractivity contribution is -0.117. The van der Waals surface area contributed by atoms with Crippen molar-refractivity contribution in [3.8, 4) is 11.5 Å². The number of nitrogens with one attached hydrogen (secondary N) is 2. The molecule has 1 aliphatic rings. The molecule has 4 heteroatoms. The van der Waals surface area contributed by atoms with E-state index in [4.69, 9.17) is 4.74 Å². The number of benzene rings is 2. The number of hydrogen-bond donors (Lipinski definition) is 2. The monoisotopic (exact) mass is 282 g/mol. The van der Waals surface area contributed by atoms with E-state index < -0.39 is 0 Å². The summed E-state index contributed by atoms with van der Waals surface area (Å²) in [5.74, 6) is 1.39. The fourth-order valence-corrected chi connectivity index (χ4v) is 2.40. The first-order valence-electron chi connectivity index (χ1n) is 7.19. The summed E-state index contributed by atoms with van der Waals surface area (Å²) in [4.78, 5) is 12.2. The highest BCUT2D eigenvalue weighted by Gasteiger charge is 2.22. The van der Waals surface area contributed by atoms with Crippen LogP contribution in [0.5, 0.6) is 11.5 Å². The van der Waals surface area contributed by atoms with E-state index in [2.05, 4.69) is 10.6 Å². The quantitative estimate of drug-likeness (QED) is 0.905. The van der Waals surface area contributed by atoms with Gasteiger partial charge in [0.25, 0.3) is 0 Å². The van der Waals surface area contributed by atoms with Crippen LogP contribution in [0.2, 0.25) is 0 Å². The molecule has 0 saturated carbocycles. The van der Waals surface area contributed by atoms with E-state index in [1.807, 2.05) is 54.6 Å². The smallest absolute Gasteiger partial charge is 0.241 e. The van der Waals surface area contributed by atoms with Crippen molar-refractivity contribution in [2.45, 2.75) is 18.9 Å². The Morgan fingerprint density at radius 1 is 1.10 bits per heavy atom. The second kappa shape index (κ2) is 6.41. The normalized spacial score (nSPS) is 17.4. The summed E-state index contributed by atoms with van der Waals surface area (Å²) in [5.41, 5.74) is 0.694. The van der Waals surface area contributed by atoms with E-state index in [0.717, 1.165) is 25.1 Å². The van der Waals surface area contributed by atoms with Crippen LogP contribution in [0.4, 0.5) is 5.69 Å². The summed E-state index contributed by atoms with van der Waals surface area (Å²) >= 11 is 0. The van der Waals surface area contributed by atoms with Gasteiger partial charge >= 0.3 is 0 Å². The van der Waals surface area contributed by atoms with Crippen molar-refractivity contribution in [1.82, 2.24) is 5.32 Å². The van der Waals surface area contributed by atoms with E-state index in [1.54, 1.807) is 0 Å². The molecule has 2 N–H and O–H groups in total. The third-order valence-corrected chi connectivity index (χ3v) is 3.49. The van der Waals surface area contributed by atoms with Crippen LogP contribution >= 0.6 is 0 Å². The molecule has 0 radical (unpaired) electrons. The van der Waals surface area contributed by atoms with Gasteiger partial charge in [-0.15, -0.1) is 0 Å². The van der Waals surface area contributed by atoms with Crippen LogP contribution in [0.1, 0.15) is 12.8 Å². The molecule has 21 heavy (non-hydrogen) atoms. The predicted molar refractivity (Wildman–Crippen MR) is 82.6 cm³/mol. The Morgan fingerprint density at radius 2 is 1.86 bits per heavy atom. The maximum atomic E-state index is 12.2. The van der Waals surface area contributed by atoms with Crippen molar-refractivity contribution >= 4 is 11.6 Å². The molecule has 1 saturated heterocycles. The predicted octanol–water partition coefficient (Wildman–Crippen LogP) is 3.17. The minimum absolute atomic E-state index is 0.00314. The van der Waals surface area contributed by atoms with Crippen LogP contribution in [-0.4, -0.2) is 18.5 Å². The molecule has 1 fully saturated rings. The zero-order chi connectivity index (χ0) is 14.5. The highest BCUT2D eigenvalue weighted by Crippen LogP contribution is 2.29. The zero-order valence-corrected chi connectivity index (χ0v) is 11.7. The van der Waals surface area contributed by atoms with Gasteiger partial charge in [-0.3, -0.25) is 4.79 Å². The molecule has 1 heterocycles. The van der Waals surface area contributed by atoms with E-state index in [1.165, 1.54) is 0 Å². The summed E-state index contributed by atoms with van der Waals surface area (Å²) < 4.78 is 5.84. The fourth-order valence-electron chi connectivity index (χ4n) is 2.40. The largest absolute Gasteiger partial charge is 0.455 e. The molecule has 2 aromatic carbocycles. The molecule has 0 unspecified atom stereocenters. The van der Waals surface area contributed by atoms with E-state index in [-0.39, 0.29) is 11.9 Å². The number of carbonyl (C=O) groups is 1. The molecule has 4 nitrogen and oxygen atoms in total. The summed E-state index contributed by atoms with van der Waals surface area (Å²) in [6.45, 7) is 0.903.